The van der Waals surface area contributed by atoms with Crippen LogP contribution in [0.3, 0.4) is 0 Å². The van der Waals surface area contributed by atoms with E-state index in [1.807, 2.05) is 27.7 Å². The second-order valence-corrected chi connectivity index (χ2v) is 21.8. The summed E-state index contributed by atoms with van der Waals surface area (Å²) in [7, 11) is 0. The molecule has 0 aromatic rings. The van der Waals surface area contributed by atoms with Crippen LogP contribution in [-0.2, 0) is 52.7 Å². The SMILES string of the molecule is CCC(C)CCCCCCCCC1CC(=O)NC(CCC(N)=O)C(=O)NC(CC(C)C)C(=O)NC(CC(C)C)C(=O)NC(C(C)C)C(=O)NC(CC(=O)O)C(=O)NC(CC(C)C)C(=O)NC(C(C)C)C(=O)O1. The highest BCUT2D eigenvalue weighted by atomic mass is 16.5. The first-order valence-electron chi connectivity index (χ1n) is 26.5. The molecule has 1 heterocycles. The van der Waals surface area contributed by atoms with Crippen LogP contribution in [-0.4, -0.2) is 113 Å². The number of hydrogen-bond acceptors (Lipinski definition) is 11. The van der Waals surface area contributed by atoms with E-state index in [-0.39, 0.29) is 56.3 Å². The van der Waals surface area contributed by atoms with E-state index in [1.54, 1.807) is 41.5 Å². The Morgan fingerprint density at radius 3 is 1.40 bits per heavy atom. The quantitative estimate of drug-likeness (QED) is 0.0517. The molecule has 0 aromatic carbocycles. The van der Waals surface area contributed by atoms with E-state index in [4.69, 9.17) is 10.5 Å². The molecule has 1 rings (SSSR count). The third-order valence-corrected chi connectivity index (χ3v) is 12.7. The second kappa shape index (κ2) is 33.4. The standard InChI is InChI=1S/C52H92N8O12/c1-13-34(12)20-18-16-14-15-17-19-21-35-27-42(62)54-36(22-23-41(53)61)46(65)55-37(24-29(2)3)47(66)56-38(25-30(4)5)49(68)59-44(32(8)9)51(70)58-40(28-43(63)64)48(67)57-39(26-31(6)7)50(69)60-45(33(10)11)52(71)72-35/h29-40,44-45H,13-28H2,1-12H3,(H2,53,61)(H,54,62)(H,55,65)(H,56,66)(H,57,67)(H,58,70)(H,59,68)(H,60,69)(H,63,64). The summed E-state index contributed by atoms with van der Waals surface area (Å²) in [5, 5.41) is 28.3. The Kier molecular flexibility index (Phi) is 30.0. The lowest BCUT2D eigenvalue weighted by molar-refractivity contribution is -0.156. The number of carbonyl (C=O) groups is 10. The van der Waals surface area contributed by atoms with Gasteiger partial charge in [0, 0.05) is 6.42 Å². The van der Waals surface area contributed by atoms with E-state index in [2.05, 4.69) is 51.1 Å². The summed E-state index contributed by atoms with van der Waals surface area (Å²) >= 11 is 0. The number of carbonyl (C=O) groups excluding carboxylic acids is 9. The van der Waals surface area contributed by atoms with Gasteiger partial charge in [-0.2, -0.15) is 0 Å². The molecular weight excluding hydrogens is 929 g/mol. The molecule has 9 unspecified atom stereocenters. The number of ether oxygens (including phenoxy) is 1. The van der Waals surface area contributed by atoms with Crippen LogP contribution in [0.4, 0.5) is 0 Å². The zero-order valence-electron chi connectivity index (χ0n) is 45.4. The van der Waals surface area contributed by atoms with Gasteiger partial charge in [-0.05, 0) is 74.0 Å². The molecule has 0 spiro atoms. The Morgan fingerprint density at radius 1 is 0.542 bits per heavy atom. The van der Waals surface area contributed by atoms with Crippen LogP contribution in [0.5, 0.6) is 0 Å². The molecule has 0 bridgehead atoms. The van der Waals surface area contributed by atoms with E-state index >= 15 is 0 Å². The Balaban J connectivity index is 3.93. The zero-order chi connectivity index (χ0) is 54.8. The number of amides is 8. The number of nitrogens with one attached hydrogen (secondary N) is 7. The highest BCUT2D eigenvalue weighted by Gasteiger charge is 2.37. The maximum absolute atomic E-state index is 14.1. The van der Waals surface area contributed by atoms with Gasteiger partial charge >= 0.3 is 11.9 Å². The number of unbranched alkanes of at least 4 members (excludes halogenated alkanes) is 5. The molecular formula is C52H92N8O12. The third-order valence-electron chi connectivity index (χ3n) is 12.7. The van der Waals surface area contributed by atoms with Gasteiger partial charge in [-0.15, -0.1) is 0 Å². The van der Waals surface area contributed by atoms with Gasteiger partial charge in [-0.25, -0.2) is 4.79 Å². The molecule has 412 valence electrons. The molecule has 1 fully saturated rings. The summed E-state index contributed by atoms with van der Waals surface area (Å²) in [5.41, 5.74) is 5.48. The molecule has 1 aliphatic heterocycles. The van der Waals surface area contributed by atoms with Crippen LogP contribution >= 0.6 is 0 Å². The van der Waals surface area contributed by atoms with Gasteiger partial charge in [0.05, 0.1) is 12.8 Å². The van der Waals surface area contributed by atoms with Crippen LogP contribution in [0.2, 0.25) is 0 Å². The number of rotatable bonds is 23. The fourth-order valence-corrected chi connectivity index (χ4v) is 8.34. The van der Waals surface area contributed by atoms with Crippen molar-refractivity contribution in [3.05, 3.63) is 0 Å². The molecule has 20 nitrogen and oxygen atoms in total. The molecule has 0 aromatic heterocycles. The summed E-state index contributed by atoms with van der Waals surface area (Å²) in [5.74, 6) is -9.83. The predicted octanol–water partition coefficient (Wildman–Crippen LogP) is 4.05. The van der Waals surface area contributed by atoms with Gasteiger partial charge < -0.3 is 52.8 Å². The third kappa shape index (κ3) is 25.9. The minimum atomic E-state index is -1.72. The van der Waals surface area contributed by atoms with E-state index < -0.39 is 132 Å². The number of primary amides is 1. The summed E-state index contributed by atoms with van der Waals surface area (Å²) in [6.07, 6.45) is 5.41. The highest BCUT2D eigenvalue weighted by molar-refractivity contribution is 5.98. The average molecular weight is 1020 g/mol. The van der Waals surface area contributed by atoms with E-state index in [1.165, 1.54) is 0 Å². The summed E-state index contributed by atoms with van der Waals surface area (Å²) in [6.45, 7) is 21.8. The molecule has 9 atom stereocenters. The summed E-state index contributed by atoms with van der Waals surface area (Å²) in [6, 6.07) is -9.50. The van der Waals surface area contributed by atoms with Crippen LogP contribution in [0.1, 0.15) is 186 Å². The number of aliphatic carboxylic acids is 1. The van der Waals surface area contributed by atoms with Gasteiger partial charge in [0.25, 0.3) is 0 Å². The first-order valence-corrected chi connectivity index (χ1v) is 26.5. The fourth-order valence-electron chi connectivity index (χ4n) is 8.34. The predicted molar refractivity (Wildman–Crippen MR) is 273 cm³/mol. The lowest BCUT2D eigenvalue weighted by Crippen LogP contribution is -2.61. The van der Waals surface area contributed by atoms with Crippen molar-refractivity contribution in [2.45, 2.75) is 234 Å². The first kappa shape index (κ1) is 64.7. The molecule has 8 amide bonds. The van der Waals surface area contributed by atoms with Crippen LogP contribution in [0.25, 0.3) is 0 Å². The topological polar surface area (TPSA) is 310 Å². The fraction of sp³-hybridized carbons (Fsp3) is 0.808. The molecule has 0 radical (unpaired) electrons. The van der Waals surface area contributed by atoms with Crippen LogP contribution < -0.4 is 43.0 Å². The normalized spacial score (nSPS) is 24.6. The van der Waals surface area contributed by atoms with Crippen molar-refractivity contribution in [2.24, 2.45) is 41.2 Å². The number of esters is 1. The number of carboxylic acids is 1. The number of hydrogen-bond donors (Lipinski definition) is 9. The molecule has 1 saturated heterocycles. The second-order valence-electron chi connectivity index (χ2n) is 21.8. The van der Waals surface area contributed by atoms with Gasteiger partial charge in [-0.3, -0.25) is 43.2 Å². The minimum Gasteiger partial charge on any atom is -0.481 e. The van der Waals surface area contributed by atoms with Gasteiger partial charge in [-0.1, -0.05) is 128 Å². The van der Waals surface area contributed by atoms with E-state index in [0.29, 0.717) is 12.3 Å². The van der Waals surface area contributed by atoms with Crippen molar-refractivity contribution in [1.82, 2.24) is 37.2 Å². The molecule has 0 aliphatic carbocycles. The van der Waals surface area contributed by atoms with Crippen molar-refractivity contribution < 1.29 is 57.8 Å². The number of carboxylic acid groups (broad SMARTS) is 1. The largest absolute Gasteiger partial charge is 0.481 e. The van der Waals surface area contributed by atoms with Crippen molar-refractivity contribution in [2.75, 3.05) is 0 Å². The van der Waals surface area contributed by atoms with E-state index in [9.17, 15) is 53.1 Å². The lowest BCUT2D eigenvalue weighted by Gasteiger charge is -2.29. The maximum Gasteiger partial charge on any atom is 0.329 e. The maximum atomic E-state index is 14.1. The molecule has 10 N–H and O–H groups in total. The first-order chi connectivity index (χ1) is 33.6. The highest BCUT2D eigenvalue weighted by Crippen LogP contribution is 2.19. The van der Waals surface area contributed by atoms with Crippen molar-refractivity contribution in [3.63, 3.8) is 0 Å². The minimum absolute atomic E-state index is 0.0434. The lowest BCUT2D eigenvalue weighted by atomic mass is 9.98. The van der Waals surface area contributed by atoms with Gasteiger partial charge in [0.2, 0.25) is 47.3 Å². The smallest absolute Gasteiger partial charge is 0.329 e. The van der Waals surface area contributed by atoms with Crippen molar-refractivity contribution in [1.29, 1.82) is 0 Å². The number of cyclic esters (lactones) is 1. The van der Waals surface area contributed by atoms with E-state index in [0.717, 1.165) is 44.9 Å². The molecule has 72 heavy (non-hydrogen) atoms. The number of nitrogens with two attached hydrogens (primary N) is 1. The molecule has 20 heteroatoms. The molecule has 0 saturated carbocycles. The molecule has 1 aliphatic rings. The average Bonchev–Trinajstić information content (AvgIpc) is 3.26. The van der Waals surface area contributed by atoms with Gasteiger partial charge in [0.1, 0.15) is 48.4 Å². The van der Waals surface area contributed by atoms with Crippen molar-refractivity contribution >= 4 is 59.2 Å². The zero-order valence-corrected chi connectivity index (χ0v) is 45.4. The van der Waals surface area contributed by atoms with Gasteiger partial charge in [0.15, 0.2) is 0 Å². The summed E-state index contributed by atoms with van der Waals surface area (Å²) in [4.78, 5) is 137. The monoisotopic (exact) mass is 1020 g/mol. The Labute approximate surface area is 428 Å². The Hall–Kier alpha value is -5.30. The van der Waals surface area contributed by atoms with Crippen LogP contribution in [0.15, 0.2) is 0 Å². The Bertz CT molecular complexity index is 1790. The summed E-state index contributed by atoms with van der Waals surface area (Å²) < 4.78 is 6.02. The van der Waals surface area contributed by atoms with Crippen molar-refractivity contribution in [3.8, 4) is 0 Å². The van der Waals surface area contributed by atoms with Crippen LogP contribution in [0, 0.1) is 35.5 Å². The Morgan fingerprint density at radius 2 is 0.958 bits per heavy atom.